The molecule has 2 aliphatic heterocycles. The Morgan fingerprint density at radius 3 is 2.07 bits per heavy atom. The van der Waals surface area contributed by atoms with Crippen molar-refractivity contribution in [2.24, 2.45) is 0 Å². The van der Waals surface area contributed by atoms with Crippen LogP contribution in [0.4, 0.5) is 0 Å². The summed E-state index contributed by atoms with van der Waals surface area (Å²) in [6.45, 7) is 14.9. The molecule has 2 aromatic rings. The van der Waals surface area contributed by atoms with Gasteiger partial charge in [-0.2, -0.15) is 0 Å². The van der Waals surface area contributed by atoms with Crippen LogP contribution in [0.1, 0.15) is 52.0 Å². The van der Waals surface area contributed by atoms with Gasteiger partial charge in [0.25, 0.3) is 0 Å². The maximum Gasteiger partial charge on any atom is 0.220 e. The first kappa shape index (κ1) is 34.2. The second kappa shape index (κ2) is 13.7. The van der Waals surface area contributed by atoms with E-state index in [9.17, 15) is 5.11 Å². The molecule has 0 radical (unpaired) electrons. The van der Waals surface area contributed by atoms with Crippen molar-refractivity contribution in [3.8, 4) is 0 Å². The Morgan fingerprint density at radius 1 is 0.907 bits per heavy atom. The summed E-state index contributed by atoms with van der Waals surface area (Å²) < 4.78 is 50.7. The van der Waals surface area contributed by atoms with Crippen LogP contribution in [0.15, 0.2) is 60.7 Å². The van der Waals surface area contributed by atoms with Crippen LogP contribution < -0.4 is 0 Å². The third kappa shape index (κ3) is 7.58. The zero-order chi connectivity index (χ0) is 31.5. The zero-order valence-electron chi connectivity index (χ0n) is 27.1. The first-order valence-electron chi connectivity index (χ1n) is 15.0. The Hall–Kier alpha value is -1.70. The Kier molecular flexibility index (Phi) is 10.9. The Morgan fingerprint density at radius 2 is 1.49 bits per heavy atom. The van der Waals surface area contributed by atoms with Gasteiger partial charge in [-0.05, 0) is 37.5 Å². The van der Waals surface area contributed by atoms with Crippen molar-refractivity contribution < 1.29 is 42.7 Å². The molecule has 0 saturated carbocycles. The van der Waals surface area contributed by atoms with Crippen LogP contribution in [0.5, 0.6) is 0 Å². The van der Waals surface area contributed by atoms with E-state index < -0.39 is 56.7 Å². The van der Waals surface area contributed by atoms with Gasteiger partial charge in [-0.25, -0.2) is 0 Å². The lowest BCUT2D eigenvalue weighted by molar-refractivity contribution is -0.468. The van der Waals surface area contributed by atoms with Crippen molar-refractivity contribution in [3.05, 3.63) is 71.8 Å². The first-order chi connectivity index (χ1) is 20.2. The van der Waals surface area contributed by atoms with Crippen LogP contribution in [0, 0.1) is 0 Å². The van der Waals surface area contributed by atoms with Crippen molar-refractivity contribution in [3.63, 3.8) is 0 Å². The van der Waals surface area contributed by atoms with E-state index in [4.69, 9.17) is 37.6 Å². The number of hydrogen-bond donors (Lipinski definition) is 1. The summed E-state index contributed by atoms with van der Waals surface area (Å²) in [6.07, 6.45) is -4.71. The van der Waals surface area contributed by atoms with Gasteiger partial charge in [0.05, 0.1) is 19.8 Å². The molecule has 2 saturated heterocycles. The van der Waals surface area contributed by atoms with Gasteiger partial charge in [-0.1, -0.05) is 81.4 Å². The predicted molar refractivity (Wildman–Crippen MR) is 165 cm³/mol. The van der Waals surface area contributed by atoms with Crippen LogP contribution in [0.25, 0.3) is 0 Å². The van der Waals surface area contributed by atoms with E-state index >= 15 is 0 Å². The van der Waals surface area contributed by atoms with Gasteiger partial charge in [0, 0.05) is 19.8 Å². The molecule has 0 amide bonds. The fourth-order valence-corrected chi connectivity index (χ4v) is 6.05. The average molecular weight is 619 g/mol. The number of aliphatic hydroxyl groups is 1. The van der Waals surface area contributed by atoms with Gasteiger partial charge >= 0.3 is 0 Å². The number of aliphatic hydroxyl groups excluding tert-OH is 1. The molecule has 3 unspecified atom stereocenters. The normalized spacial score (nSPS) is 32.8. The standard InChI is InChI=1S/C33H50O9Si/c1-31(2,3)43(8,9)39-21-25(34)27-29(42-33(5,36-7)32(4,35-6)41-27)28-26(37-20-23-16-12-10-13-17-23)22-38-30(40-28)24-18-14-11-15-19-24/h10-19,25-30,34H,20-22H2,1-9H3/t25-,26+,27-,28+,29+,30?,32?,33?/m0/s1. The third-order valence-corrected chi connectivity index (χ3v) is 13.7. The highest BCUT2D eigenvalue weighted by atomic mass is 28.4. The van der Waals surface area contributed by atoms with Crippen LogP contribution in [-0.4, -0.2) is 83.0 Å². The summed E-state index contributed by atoms with van der Waals surface area (Å²) in [5.41, 5.74) is 1.88. The van der Waals surface area contributed by atoms with Crippen molar-refractivity contribution >= 4 is 8.32 Å². The Balaban J connectivity index is 1.68. The van der Waals surface area contributed by atoms with E-state index in [1.54, 1.807) is 13.8 Å². The Labute approximate surface area is 257 Å². The van der Waals surface area contributed by atoms with E-state index in [-0.39, 0.29) is 18.3 Å². The van der Waals surface area contributed by atoms with Crippen LogP contribution >= 0.6 is 0 Å². The predicted octanol–water partition coefficient (Wildman–Crippen LogP) is 5.58. The second-order valence-electron chi connectivity index (χ2n) is 13.1. The summed E-state index contributed by atoms with van der Waals surface area (Å²) in [5.74, 6) is -2.68. The van der Waals surface area contributed by atoms with Gasteiger partial charge in [-0.15, -0.1) is 0 Å². The minimum atomic E-state index is -2.18. The minimum absolute atomic E-state index is 0.0329. The van der Waals surface area contributed by atoms with Crippen LogP contribution in [0.3, 0.4) is 0 Å². The summed E-state index contributed by atoms with van der Waals surface area (Å²) >= 11 is 0. The molecule has 2 heterocycles. The number of methoxy groups -OCH3 is 2. The molecule has 0 spiro atoms. The topological polar surface area (TPSA) is 94.1 Å². The molecule has 2 aliphatic rings. The van der Waals surface area contributed by atoms with Gasteiger partial charge in [0.1, 0.15) is 30.5 Å². The monoisotopic (exact) mass is 618 g/mol. The molecule has 0 bridgehead atoms. The molecule has 4 rings (SSSR count). The smallest absolute Gasteiger partial charge is 0.220 e. The lowest BCUT2D eigenvalue weighted by Crippen LogP contribution is -2.71. The van der Waals surface area contributed by atoms with Gasteiger partial charge in [0.15, 0.2) is 14.6 Å². The summed E-state index contributed by atoms with van der Waals surface area (Å²) in [5, 5.41) is 11.7. The first-order valence-corrected chi connectivity index (χ1v) is 17.9. The van der Waals surface area contributed by atoms with Crippen molar-refractivity contribution in [1.82, 2.24) is 0 Å². The van der Waals surface area contributed by atoms with Gasteiger partial charge in [-0.3, -0.25) is 0 Å². The molecule has 10 heteroatoms. The van der Waals surface area contributed by atoms with E-state index in [1.165, 1.54) is 14.2 Å². The molecule has 9 nitrogen and oxygen atoms in total. The molecular weight excluding hydrogens is 568 g/mol. The summed E-state index contributed by atoms with van der Waals surface area (Å²) in [4.78, 5) is 0. The largest absolute Gasteiger partial charge is 0.414 e. The molecular formula is C33H50O9Si. The Bertz CT molecular complexity index is 1140. The lowest BCUT2D eigenvalue weighted by atomic mass is 9.93. The van der Waals surface area contributed by atoms with Crippen LogP contribution in [0.2, 0.25) is 18.1 Å². The molecule has 2 aromatic carbocycles. The zero-order valence-corrected chi connectivity index (χ0v) is 28.1. The number of rotatable bonds is 11. The van der Waals surface area contributed by atoms with E-state index in [2.05, 4.69) is 33.9 Å². The van der Waals surface area contributed by atoms with Crippen molar-refractivity contribution in [2.45, 2.75) is 108 Å². The maximum absolute atomic E-state index is 11.7. The molecule has 0 aliphatic carbocycles. The molecule has 1 N–H and O–H groups in total. The molecule has 8 atom stereocenters. The van der Waals surface area contributed by atoms with Crippen molar-refractivity contribution in [2.75, 3.05) is 27.4 Å². The number of benzene rings is 2. The minimum Gasteiger partial charge on any atom is -0.414 e. The molecule has 240 valence electrons. The third-order valence-electron chi connectivity index (χ3n) is 9.21. The fraction of sp³-hybridized carbons (Fsp3) is 0.636. The maximum atomic E-state index is 11.7. The average Bonchev–Trinajstić information content (AvgIpc) is 3.00. The quantitative estimate of drug-likeness (QED) is 0.324. The van der Waals surface area contributed by atoms with Gasteiger partial charge < -0.3 is 42.7 Å². The lowest BCUT2D eigenvalue weighted by Gasteiger charge is -2.55. The fourth-order valence-electron chi connectivity index (χ4n) is 5.03. The highest BCUT2D eigenvalue weighted by Gasteiger charge is 2.61. The molecule has 0 aromatic heterocycles. The van der Waals surface area contributed by atoms with E-state index in [0.29, 0.717) is 6.61 Å². The second-order valence-corrected chi connectivity index (χ2v) is 17.9. The molecule has 2 fully saturated rings. The van der Waals surface area contributed by atoms with E-state index in [0.717, 1.165) is 11.1 Å². The molecule has 43 heavy (non-hydrogen) atoms. The number of ether oxygens (including phenoxy) is 7. The van der Waals surface area contributed by atoms with Gasteiger partial charge in [0.2, 0.25) is 11.6 Å². The highest BCUT2D eigenvalue weighted by molar-refractivity contribution is 6.74. The summed E-state index contributed by atoms with van der Waals surface area (Å²) in [7, 11) is 0.885. The van der Waals surface area contributed by atoms with Crippen LogP contribution in [-0.2, 0) is 44.2 Å². The summed E-state index contributed by atoms with van der Waals surface area (Å²) in [6, 6.07) is 19.6. The van der Waals surface area contributed by atoms with E-state index in [1.807, 2.05) is 60.7 Å². The number of hydrogen-bond acceptors (Lipinski definition) is 9. The SMILES string of the molecule is COC1(C)O[C@@H]([C@@H]2OC(c3ccccc3)OC[C@H]2OCc2ccccc2)[C@H]([C@@H](O)CO[Si](C)(C)C(C)(C)C)OC1(C)OC. The highest BCUT2D eigenvalue weighted by Crippen LogP contribution is 2.44. The van der Waals surface area contributed by atoms with Crippen molar-refractivity contribution in [1.29, 1.82) is 0 Å².